The van der Waals surface area contributed by atoms with E-state index in [-0.39, 0.29) is 10.8 Å². The highest BCUT2D eigenvalue weighted by molar-refractivity contribution is 6.23. The Balaban J connectivity index is 2.43. The molecule has 0 aliphatic heterocycles. The molecule has 0 amide bonds. The molecule has 0 heterocycles. The summed E-state index contributed by atoms with van der Waals surface area (Å²) >= 11 is 6.23. The maximum absolute atomic E-state index is 11.4. The van der Waals surface area contributed by atoms with Gasteiger partial charge in [-0.2, -0.15) is 0 Å². The standard InChI is InChI=1S/C17H27ClO2/c1-5-20-16(19)12-15-7-6-14(11-15)10-13(2)8-9-17(3,4)18/h11-13H,5-10H2,1-4H3. The fraction of sp³-hybridized carbons (Fsp3) is 0.706. The second kappa shape index (κ2) is 7.87. The lowest BCUT2D eigenvalue weighted by Gasteiger charge is -2.19. The van der Waals surface area contributed by atoms with E-state index >= 15 is 0 Å². The molecule has 1 unspecified atom stereocenters. The number of halogens is 1. The zero-order valence-corrected chi connectivity index (χ0v) is 13.9. The number of hydrogen-bond acceptors (Lipinski definition) is 2. The molecule has 1 aliphatic carbocycles. The topological polar surface area (TPSA) is 26.3 Å². The number of carbonyl (C=O) groups is 1. The van der Waals surface area contributed by atoms with Crippen LogP contribution >= 0.6 is 11.6 Å². The summed E-state index contributed by atoms with van der Waals surface area (Å²) in [7, 11) is 0. The zero-order chi connectivity index (χ0) is 15.2. The van der Waals surface area contributed by atoms with Crippen molar-refractivity contribution in [1.82, 2.24) is 0 Å². The molecule has 0 aromatic heterocycles. The van der Waals surface area contributed by atoms with Crippen LogP contribution in [0.15, 0.2) is 23.3 Å². The van der Waals surface area contributed by atoms with Crippen molar-refractivity contribution in [3.05, 3.63) is 23.3 Å². The van der Waals surface area contributed by atoms with Crippen molar-refractivity contribution in [3.63, 3.8) is 0 Å². The first-order valence-electron chi connectivity index (χ1n) is 7.56. The van der Waals surface area contributed by atoms with Crippen LogP contribution in [0.25, 0.3) is 0 Å². The molecule has 0 spiro atoms. The number of alkyl halides is 1. The quantitative estimate of drug-likeness (QED) is 0.375. The largest absolute Gasteiger partial charge is 0.463 e. The molecule has 1 aliphatic rings. The van der Waals surface area contributed by atoms with Crippen LogP contribution in [0.4, 0.5) is 0 Å². The van der Waals surface area contributed by atoms with Crippen molar-refractivity contribution >= 4 is 17.6 Å². The number of rotatable bonds is 7. The maximum Gasteiger partial charge on any atom is 0.331 e. The monoisotopic (exact) mass is 298 g/mol. The first kappa shape index (κ1) is 17.3. The van der Waals surface area contributed by atoms with Crippen molar-refractivity contribution < 1.29 is 9.53 Å². The van der Waals surface area contributed by atoms with Gasteiger partial charge in [-0.15, -0.1) is 11.6 Å². The summed E-state index contributed by atoms with van der Waals surface area (Å²) in [6.45, 7) is 8.67. The van der Waals surface area contributed by atoms with E-state index < -0.39 is 0 Å². The predicted molar refractivity (Wildman–Crippen MR) is 85.0 cm³/mol. The molecule has 0 bridgehead atoms. The van der Waals surface area contributed by atoms with Crippen LogP contribution in [0, 0.1) is 5.92 Å². The molecule has 0 radical (unpaired) electrons. The third-order valence-corrected chi connectivity index (χ3v) is 3.75. The van der Waals surface area contributed by atoms with Gasteiger partial charge in [0, 0.05) is 11.0 Å². The predicted octanol–water partition coefficient (Wildman–Crippen LogP) is 5.02. The van der Waals surface area contributed by atoms with E-state index in [1.807, 2.05) is 6.92 Å². The van der Waals surface area contributed by atoms with Crippen LogP contribution in [0.3, 0.4) is 0 Å². The first-order chi connectivity index (χ1) is 9.30. The number of hydrogen-bond donors (Lipinski definition) is 0. The van der Waals surface area contributed by atoms with Crippen LogP contribution in [0.5, 0.6) is 0 Å². The van der Waals surface area contributed by atoms with Crippen LogP contribution in [0.2, 0.25) is 0 Å². The van der Waals surface area contributed by atoms with Gasteiger partial charge in [0.05, 0.1) is 6.61 Å². The highest BCUT2D eigenvalue weighted by Crippen LogP contribution is 2.31. The summed E-state index contributed by atoms with van der Waals surface area (Å²) in [5.41, 5.74) is 2.55. The van der Waals surface area contributed by atoms with Crippen molar-refractivity contribution in [2.45, 2.75) is 64.7 Å². The molecule has 1 atom stereocenters. The van der Waals surface area contributed by atoms with Gasteiger partial charge < -0.3 is 4.74 Å². The van der Waals surface area contributed by atoms with Crippen LogP contribution < -0.4 is 0 Å². The van der Waals surface area contributed by atoms with E-state index in [0.29, 0.717) is 12.5 Å². The van der Waals surface area contributed by atoms with Gasteiger partial charge >= 0.3 is 5.97 Å². The summed E-state index contributed by atoms with van der Waals surface area (Å²) < 4.78 is 4.94. The van der Waals surface area contributed by atoms with E-state index in [4.69, 9.17) is 16.3 Å². The van der Waals surface area contributed by atoms with E-state index in [1.54, 1.807) is 6.08 Å². The van der Waals surface area contributed by atoms with E-state index in [1.165, 1.54) is 5.57 Å². The highest BCUT2D eigenvalue weighted by atomic mass is 35.5. The van der Waals surface area contributed by atoms with Crippen molar-refractivity contribution in [3.8, 4) is 0 Å². The molecule has 0 fully saturated rings. The van der Waals surface area contributed by atoms with Gasteiger partial charge in [0.2, 0.25) is 0 Å². The molecule has 2 nitrogen and oxygen atoms in total. The molecule has 114 valence electrons. The Labute approximate surface area is 128 Å². The molecule has 3 heteroatoms. The highest BCUT2D eigenvalue weighted by Gasteiger charge is 2.17. The Kier molecular flexibility index (Phi) is 6.81. The van der Waals surface area contributed by atoms with Crippen molar-refractivity contribution in [2.24, 2.45) is 5.92 Å². The van der Waals surface area contributed by atoms with Gasteiger partial charge in [-0.05, 0) is 64.4 Å². The normalized spacial score (nSPS) is 19.1. The molecule has 20 heavy (non-hydrogen) atoms. The fourth-order valence-corrected chi connectivity index (χ4v) is 2.57. The lowest BCUT2D eigenvalue weighted by Crippen LogP contribution is -2.11. The summed E-state index contributed by atoms with van der Waals surface area (Å²) in [5.74, 6) is 0.415. The van der Waals surface area contributed by atoms with Gasteiger partial charge in [0.25, 0.3) is 0 Å². The minimum atomic E-state index is -0.225. The maximum atomic E-state index is 11.4. The Morgan fingerprint density at radius 1 is 1.50 bits per heavy atom. The number of allylic oxidation sites excluding steroid dienone is 3. The van der Waals surface area contributed by atoms with Gasteiger partial charge in [-0.3, -0.25) is 0 Å². The summed E-state index contributed by atoms with van der Waals surface area (Å²) in [6.07, 6.45) is 9.11. The SMILES string of the molecule is CCOC(=O)C=C1C=C(CC(C)CCC(C)(C)Cl)CC1. The third-order valence-electron chi connectivity index (χ3n) is 3.56. The number of ether oxygens (including phenoxy) is 1. The van der Waals surface area contributed by atoms with Crippen molar-refractivity contribution in [2.75, 3.05) is 6.61 Å². The first-order valence-corrected chi connectivity index (χ1v) is 7.93. The summed E-state index contributed by atoms with van der Waals surface area (Å²) in [4.78, 5) is 11.3. The average Bonchev–Trinajstić information content (AvgIpc) is 2.73. The molecular weight excluding hydrogens is 272 g/mol. The Hall–Kier alpha value is -0.760. The lowest BCUT2D eigenvalue weighted by atomic mass is 9.93. The number of carbonyl (C=O) groups excluding carboxylic acids is 1. The van der Waals surface area contributed by atoms with Crippen LogP contribution in [-0.4, -0.2) is 17.5 Å². The Morgan fingerprint density at radius 3 is 2.80 bits per heavy atom. The van der Waals surface area contributed by atoms with Crippen molar-refractivity contribution in [1.29, 1.82) is 0 Å². The fourth-order valence-electron chi connectivity index (χ4n) is 2.46. The second-order valence-electron chi connectivity index (χ2n) is 6.34. The van der Waals surface area contributed by atoms with Crippen LogP contribution in [-0.2, 0) is 9.53 Å². The molecule has 0 N–H and O–H groups in total. The molecule has 1 rings (SSSR count). The Morgan fingerprint density at radius 2 is 2.20 bits per heavy atom. The van der Waals surface area contributed by atoms with Gasteiger partial charge in [-0.1, -0.05) is 18.6 Å². The van der Waals surface area contributed by atoms with Gasteiger partial charge in [0.15, 0.2) is 0 Å². The molecule has 0 saturated carbocycles. The molecular formula is C17H27ClO2. The van der Waals surface area contributed by atoms with Gasteiger partial charge in [-0.25, -0.2) is 4.79 Å². The summed E-state index contributed by atoms with van der Waals surface area (Å²) in [6, 6.07) is 0. The molecule has 0 aromatic carbocycles. The van der Waals surface area contributed by atoms with E-state index in [9.17, 15) is 4.79 Å². The van der Waals surface area contributed by atoms with E-state index in [2.05, 4.69) is 26.8 Å². The zero-order valence-electron chi connectivity index (χ0n) is 13.2. The molecule has 0 saturated heterocycles. The minimum Gasteiger partial charge on any atom is -0.463 e. The minimum absolute atomic E-state index is 0.104. The smallest absolute Gasteiger partial charge is 0.331 e. The van der Waals surface area contributed by atoms with Crippen LogP contribution in [0.1, 0.15) is 59.8 Å². The lowest BCUT2D eigenvalue weighted by molar-refractivity contribution is -0.137. The van der Waals surface area contributed by atoms with Gasteiger partial charge in [0.1, 0.15) is 0 Å². The summed E-state index contributed by atoms with van der Waals surface area (Å²) in [5, 5.41) is 0. The molecule has 0 aromatic rings. The Bertz CT molecular complexity index is 388. The van der Waals surface area contributed by atoms with E-state index in [0.717, 1.165) is 37.7 Å². The second-order valence-corrected chi connectivity index (χ2v) is 7.36. The third kappa shape index (κ3) is 7.14. The average molecular weight is 299 g/mol. The number of esters is 1.